The number of amidine groups is 1. The molecule has 0 aromatic heterocycles. The van der Waals surface area contributed by atoms with E-state index in [1.807, 2.05) is 0 Å². The van der Waals surface area contributed by atoms with Crippen molar-refractivity contribution >= 4 is 11.7 Å². The molecule has 0 bridgehead atoms. The van der Waals surface area contributed by atoms with Crippen LogP contribution in [0, 0.1) is 5.82 Å². The van der Waals surface area contributed by atoms with E-state index in [9.17, 15) is 22.4 Å². The summed E-state index contributed by atoms with van der Waals surface area (Å²) in [5, 5.41) is 13.4. The van der Waals surface area contributed by atoms with Gasteiger partial charge in [-0.15, -0.1) is 0 Å². The van der Waals surface area contributed by atoms with Gasteiger partial charge in [-0.25, -0.2) is 4.39 Å². The van der Waals surface area contributed by atoms with Crippen LogP contribution in [0.4, 0.5) is 17.6 Å². The van der Waals surface area contributed by atoms with Crippen molar-refractivity contribution in [2.24, 2.45) is 10.9 Å². The largest absolute Gasteiger partial charge is 0.419 e. The summed E-state index contributed by atoms with van der Waals surface area (Å²) in [4.78, 5) is 11.8. The van der Waals surface area contributed by atoms with Gasteiger partial charge in [0.05, 0.1) is 5.56 Å². The molecule has 0 aliphatic rings. The van der Waals surface area contributed by atoms with Gasteiger partial charge in [-0.3, -0.25) is 4.79 Å². The SMILES string of the molecule is CC(CC(N)=NO)NC(=O)c1ccc(F)c(C(F)(F)F)c1. The highest BCUT2D eigenvalue weighted by Gasteiger charge is 2.34. The number of nitrogens with two attached hydrogens (primary N) is 1. The fraction of sp³-hybridized carbons (Fsp3) is 0.333. The Balaban J connectivity index is 2.89. The van der Waals surface area contributed by atoms with Crippen LogP contribution in [0.25, 0.3) is 0 Å². The minimum Gasteiger partial charge on any atom is -0.409 e. The van der Waals surface area contributed by atoms with Gasteiger partial charge >= 0.3 is 6.18 Å². The van der Waals surface area contributed by atoms with Crippen LogP contribution in [0.5, 0.6) is 0 Å². The minimum atomic E-state index is -4.89. The molecular weight excluding hydrogens is 294 g/mol. The molecule has 0 spiro atoms. The molecule has 1 unspecified atom stereocenters. The molecule has 1 aromatic carbocycles. The van der Waals surface area contributed by atoms with Gasteiger partial charge in [-0.2, -0.15) is 13.2 Å². The number of nitrogens with zero attached hydrogens (tertiary/aromatic N) is 1. The summed E-state index contributed by atoms with van der Waals surface area (Å²) in [7, 11) is 0. The number of rotatable bonds is 4. The Hall–Kier alpha value is -2.32. The van der Waals surface area contributed by atoms with Crippen LogP contribution in [-0.4, -0.2) is 23.0 Å². The van der Waals surface area contributed by atoms with Gasteiger partial charge in [-0.1, -0.05) is 5.16 Å². The van der Waals surface area contributed by atoms with Crippen LogP contribution in [0.1, 0.15) is 29.3 Å². The normalized spacial score (nSPS) is 13.9. The lowest BCUT2D eigenvalue weighted by molar-refractivity contribution is -0.140. The second-order valence-corrected chi connectivity index (χ2v) is 4.36. The Morgan fingerprint density at radius 1 is 1.48 bits per heavy atom. The van der Waals surface area contributed by atoms with E-state index >= 15 is 0 Å². The first kappa shape index (κ1) is 16.7. The summed E-state index contributed by atoms with van der Waals surface area (Å²) >= 11 is 0. The van der Waals surface area contributed by atoms with Crippen LogP contribution in [0.15, 0.2) is 23.4 Å². The van der Waals surface area contributed by atoms with E-state index in [0.29, 0.717) is 12.1 Å². The molecule has 0 radical (unpaired) electrons. The number of hydrogen-bond acceptors (Lipinski definition) is 3. The van der Waals surface area contributed by atoms with Crippen LogP contribution in [0.3, 0.4) is 0 Å². The number of carbonyl (C=O) groups is 1. The monoisotopic (exact) mass is 307 g/mol. The second-order valence-electron chi connectivity index (χ2n) is 4.36. The number of carbonyl (C=O) groups excluding carboxylic acids is 1. The fourth-order valence-electron chi connectivity index (χ4n) is 1.60. The Morgan fingerprint density at radius 3 is 2.62 bits per heavy atom. The molecule has 1 aromatic rings. The maximum absolute atomic E-state index is 13.1. The highest BCUT2D eigenvalue weighted by atomic mass is 19.4. The van der Waals surface area contributed by atoms with Crippen molar-refractivity contribution in [3.8, 4) is 0 Å². The van der Waals surface area contributed by atoms with Crippen LogP contribution >= 0.6 is 0 Å². The van der Waals surface area contributed by atoms with Crippen molar-refractivity contribution in [1.29, 1.82) is 0 Å². The van der Waals surface area contributed by atoms with Crippen molar-refractivity contribution in [3.05, 3.63) is 35.1 Å². The average molecular weight is 307 g/mol. The molecule has 0 saturated heterocycles. The van der Waals surface area contributed by atoms with E-state index in [-0.39, 0.29) is 17.8 Å². The zero-order chi connectivity index (χ0) is 16.2. The molecule has 116 valence electrons. The number of hydrogen-bond donors (Lipinski definition) is 3. The molecule has 0 fully saturated rings. The lowest BCUT2D eigenvalue weighted by Gasteiger charge is -2.14. The number of benzene rings is 1. The van der Waals surface area contributed by atoms with Gasteiger partial charge in [0.15, 0.2) is 0 Å². The first-order valence-electron chi connectivity index (χ1n) is 5.79. The van der Waals surface area contributed by atoms with Crippen LogP contribution < -0.4 is 11.1 Å². The third-order valence-electron chi connectivity index (χ3n) is 2.56. The van der Waals surface area contributed by atoms with E-state index in [2.05, 4.69) is 10.5 Å². The molecule has 0 aliphatic heterocycles. The summed E-state index contributed by atoms with van der Waals surface area (Å²) in [5.74, 6) is -2.42. The number of amides is 1. The van der Waals surface area contributed by atoms with Gasteiger partial charge in [0.1, 0.15) is 11.7 Å². The van der Waals surface area contributed by atoms with E-state index in [1.54, 1.807) is 0 Å². The molecule has 1 atom stereocenters. The highest BCUT2D eigenvalue weighted by molar-refractivity contribution is 5.95. The van der Waals surface area contributed by atoms with Crippen molar-refractivity contribution in [1.82, 2.24) is 5.32 Å². The predicted octanol–water partition coefficient (Wildman–Crippen LogP) is 2.10. The van der Waals surface area contributed by atoms with E-state index < -0.39 is 29.5 Å². The van der Waals surface area contributed by atoms with E-state index in [4.69, 9.17) is 10.9 Å². The minimum absolute atomic E-state index is 0.00949. The first-order valence-corrected chi connectivity index (χ1v) is 5.79. The summed E-state index contributed by atoms with van der Waals surface area (Å²) in [6, 6.07) is 1.37. The number of nitrogens with one attached hydrogen (secondary N) is 1. The molecule has 21 heavy (non-hydrogen) atoms. The molecule has 5 nitrogen and oxygen atoms in total. The van der Waals surface area contributed by atoms with Gasteiger partial charge in [0.2, 0.25) is 0 Å². The van der Waals surface area contributed by atoms with Gasteiger partial charge in [-0.05, 0) is 25.1 Å². The average Bonchev–Trinajstić information content (AvgIpc) is 2.37. The number of oxime groups is 1. The summed E-state index contributed by atoms with van der Waals surface area (Å²) in [5.41, 5.74) is 3.39. The molecular formula is C12H13F4N3O2. The highest BCUT2D eigenvalue weighted by Crippen LogP contribution is 2.31. The van der Waals surface area contributed by atoms with E-state index in [1.165, 1.54) is 6.92 Å². The van der Waals surface area contributed by atoms with Gasteiger partial charge in [0.25, 0.3) is 5.91 Å². The molecule has 9 heteroatoms. The quantitative estimate of drug-likeness (QED) is 0.262. The van der Waals surface area contributed by atoms with Crippen LogP contribution in [-0.2, 0) is 6.18 Å². The maximum Gasteiger partial charge on any atom is 0.419 e. The molecule has 0 saturated carbocycles. The molecule has 0 aliphatic carbocycles. The molecule has 0 heterocycles. The zero-order valence-electron chi connectivity index (χ0n) is 10.9. The predicted molar refractivity (Wildman–Crippen MR) is 66.4 cm³/mol. The Bertz CT molecular complexity index is 558. The summed E-state index contributed by atoms with van der Waals surface area (Å²) in [6.45, 7) is 1.52. The number of halogens is 4. The Morgan fingerprint density at radius 2 is 2.10 bits per heavy atom. The van der Waals surface area contributed by atoms with Gasteiger partial charge in [0, 0.05) is 18.0 Å². The number of alkyl halides is 3. The summed E-state index contributed by atoms with van der Waals surface area (Å²) in [6.07, 6.45) is -4.88. The lowest BCUT2D eigenvalue weighted by Crippen LogP contribution is -2.36. The molecule has 4 N–H and O–H groups in total. The Kier molecular flexibility index (Phi) is 5.12. The fourth-order valence-corrected chi connectivity index (χ4v) is 1.60. The van der Waals surface area contributed by atoms with Crippen molar-refractivity contribution < 1.29 is 27.6 Å². The van der Waals surface area contributed by atoms with E-state index in [0.717, 1.165) is 6.07 Å². The Labute approximate surface area is 117 Å². The summed E-state index contributed by atoms with van der Waals surface area (Å²) < 4.78 is 50.7. The maximum atomic E-state index is 13.1. The first-order chi connectivity index (χ1) is 9.65. The van der Waals surface area contributed by atoms with Crippen molar-refractivity contribution in [2.45, 2.75) is 25.6 Å². The molecule has 1 rings (SSSR count). The standard InChI is InChI=1S/C12H13F4N3O2/c1-6(4-10(17)19-21)18-11(20)7-2-3-9(13)8(5-7)12(14,15)16/h2-3,5-6,21H,4H2,1H3,(H2,17,19)(H,18,20). The molecule has 1 amide bonds. The second kappa shape index (κ2) is 6.42. The van der Waals surface area contributed by atoms with Crippen molar-refractivity contribution in [3.63, 3.8) is 0 Å². The smallest absolute Gasteiger partial charge is 0.409 e. The lowest BCUT2D eigenvalue weighted by atomic mass is 10.1. The third-order valence-corrected chi connectivity index (χ3v) is 2.56. The zero-order valence-corrected chi connectivity index (χ0v) is 10.9. The van der Waals surface area contributed by atoms with Crippen LogP contribution in [0.2, 0.25) is 0 Å². The van der Waals surface area contributed by atoms with Crippen molar-refractivity contribution in [2.75, 3.05) is 0 Å². The topological polar surface area (TPSA) is 87.7 Å². The van der Waals surface area contributed by atoms with Gasteiger partial charge < -0.3 is 16.3 Å². The third kappa shape index (κ3) is 4.62.